The van der Waals surface area contributed by atoms with E-state index in [1.165, 1.54) is 38.5 Å². The number of pyridine rings is 1. The van der Waals surface area contributed by atoms with Gasteiger partial charge in [0.1, 0.15) is 11.4 Å². The van der Waals surface area contributed by atoms with E-state index in [2.05, 4.69) is 9.88 Å². The van der Waals surface area contributed by atoms with Gasteiger partial charge in [-0.2, -0.15) is 0 Å². The van der Waals surface area contributed by atoms with Crippen LogP contribution >= 0.6 is 0 Å². The average Bonchev–Trinajstić information content (AvgIpc) is 3.88. The molecule has 1 aromatic rings. The van der Waals surface area contributed by atoms with Crippen molar-refractivity contribution in [3.63, 3.8) is 0 Å². The number of hydrogen-bond acceptors (Lipinski definition) is 6. The molecule has 234 valence electrons. The average molecular weight is 586 g/mol. The molecule has 5 fully saturated rings. The number of anilines is 1. The molecule has 5 aliphatic rings. The van der Waals surface area contributed by atoms with Gasteiger partial charge < -0.3 is 20.3 Å². The Kier molecular flexibility index (Phi) is 9.65. The van der Waals surface area contributed by atoms with Crippen LogP contribution in [-0.2, 0) is 16.1 Å². The van der Waals surface area contributed by atoms with Crippen LogP contribution in [0, 0.1) is 23.7 Å². The van der Waals surface area contributed by atoms with E-state index < -0.39 is 5.67 Å². The Bertz CT molecular complexity index is 1060. The molecule has 0 radical (unpaired) electrons. The van der Waals surface area contributed by atoms with Crippen molar-refractivity contribution in [1.29, 1.82) is 0 Å². The van der Waals surface area contributed by atoms with E-state index in [4.69, 9.17) is 10.5 Å². The maximum atomic E-state index is 15.3. The summed E-state index contributed by atoms with van der Waals surface area (Å²) in [6, 6.07) is 3.79. The summed E-state index contributed by atoms with van der Waals surface area (Å²) in [6.07, 6.45) is 12.1. The fourth-order valence-corrected chi connectivity index (χ4v) is 7.00. The number of likely N-dealkylation sites (tertiary alicyclic amines) is 3. The maximum Gasteiger partial charge on any atom is 0.410 e. The molecule has 2 saturated carbocycles. The van der Waals surface area contributed by atoms with Crippen LogP contribution in [0.15, 0.2) is 18.3 Å². The highest BCUT2D eigenvalue weighted by molar-refractivity contribution is 5.85. The minimum Gasteiger partial charge on any atom is -0.444 e. The van der Waals surface area contributed by atoms with Crippen molar-refractivity contribution in [2.45, 2.75) is 103 Å². The molecule has 42 heavy (non-hydrogen) atoms. The van der Waals surface area contributed by atoms with Crippen LogP contribution in [0.2, 0.25) is 0 Å². The quantitative estimate of drug-likeness (QED) is 0.480. The molecule has 2 aliphatic carbocycles. The van der Waals surface area contributed by atoms with Gasteiger partial charge in [-0.3, -0.25) is 9.69 Å². The summed E-state index contributed by atoms with van der Waals surface area (Å²) in [5, 5.41) is 0. The van der Waals surface area contributed by atoms with Crippen molar-refractivity contribution in [2.75, 3.05) is 45.0 Å². The Balaban J connectivity index is 0.000000189. The van der Waals surface area contributed by atoms with E-state index in [9.17, 15) is 9.59 Å². The van der Waals surface area contributed by atoms with Crippen LogP contribution in [0.4, 0.5) is 15.0 Å². The Labute approximate surface area is 251 Å². The normalized spacial score (nSPS) is 24.1. The zero-order valence-electron chi connectivity index (χ0n) is 26.0. The van der Waals surface area contributed by atoms with E-state index in [1.807, 2.05) is 37.8 Å². The summed E-state index contributed by atoms with van der Waals surface area (Å²) in [4.78, 5) is 34.4. The zero-order chi connectivity index (χ0) is 29.9. The second kappa shape index (κ2) is 13.1. The molecule has 0 bridgehead atoms. The third kappa shape index (κ3) is 8.57. The molecule has 0 spiro atoms. The van der Waals surface area contributed by atoms with E-state index in [-0.39, 0.29) is 30.4 Å². The van der Waals surface area contributed by atoms with Gasteiger partial charge >= 0.3 is 6.09 Å². The second-order valence-corrected chi connectivity index (χ2v) is 14.4. The number of piperidine rings is 3. The number of aromatic nitrogens is 1. The molecule has 6 rings (SSSR count). The number of rotatable bonds is 5. The number of carbonyl (C=O) groups excluding carboxylic acids is 2. The molecule has 0 aromatic carbocycles. The Morgan fingerprint density at radius 2 is 1.38 bits per heavy atom. The molecule has 2 amide bonds. The molecule has 3 saturated heterocycles. The van der Waals surface area contributed by atoms with Gasteiger partial charge in [0.2, 0.25) is 0 Å². The van der Waals surface area contributed by atoms with Crippen LogP contribution in [0.3, 0.4) is 0 Å². The van der Waals surface area contributed by atoms with E-state index >= 15 is 4.39 Å². The summed E-state index contributed by atoms with van der Waals surface area (Å²) in [7, 11) is 0. The van der Waals surface area contributed by atoms with Gasteiger partial charge in [-0.1, -0.05) is 0 Å². The highest BCUT2D eigenvalue weighted by atomic mass is 19.1. The second-order valence-electron chi connectivity index (χ2n) is 14.4. The van der Waals surface area contributed by atoms with E-state index in [0.717, 1.165) is 74.8 Å². The van der Waals surface area contributed by atoms with Crippen molar-refractivity contribution in [3.8, 4) is 0 Å². The first-order chi connectivity index (χ1) is 20.0. The van der Waals surface area contributed by atoms with Crippen LogP contribution in [0.5, 0.6) is 0 Å². The SMILES string of the molecule is CC(C)(C)OC(=O)N1CCC(C2CC2)CC1.Nc1cc(CN2CCC(F)(C(=O)N3CCC(C4CC4)CC3)CC2)ccn1. The lowest BCUT2D eigenvalue weighted by molar-refractivity contribution is -0.149. The minimum absolute atomic E-state index is 0.137. The number of nitrogens with zero attached hydrogens (tertiary/aromatic N) is 4. The molecule has 0 unspecified atom stereocenters. The van der Waals surface area contributed by atoms with Crippen LogP contribution < -0.4 is 5.73 Å². The molecular weight excluding hydrogens is 533 g/mol. The number of hydrogen-bond donors (Lipinski definition) is 1. The molecule has 8 nitrogen and oxygen atoms in total. The third-order valence-electron chi connectivity index (χ3n) is 9.88. The van der Waals surface area contributed by atoms with Gasteiger partial charge in [0.05, 0.1) is 0 Å². The third-order valence-corrected chi connectivity index (χ3v) is 9.88. The van der Waals surface area contributed by atoms with Gasteiger partial charge in [0.25, 0.3) is 5.91 Å². The lowest BCUT2D eigenvalue weighted by Crippen LogP contribution is -2.53. The fraction of sp³-hybridized carbons (Fsp3) is 0.788. The number of nitrogens with two attached hydrogens (primary N) is 1. The molecular formula is C33H52FN5O3. The van der Waals surface area contributed by atoms with E-state index in [0.29, 0.717) is 18.9 Å². The molecule has 2 N–H and O–H groups in total. The highest BCUT2D eigenvalue weighted by Gasteiger charge is 2.45. The lowest BCUT2D eigenvalue weighted by atomic mass is 9.88. The zero-order valence-corrected chi connectivity index (χ0v) is 26.0. The topological polar surface area (TPSA) is 92.0 Å². The van der Waals surface area contributed by atoms with Crippen LogP contribution in [-0.4, -0.2) is 82.2 Å². The number of nitrogen functional groups attached to an aromatic ring is 1. The van der Waals surface area contributed by atoms with E-state index in [1.54, 1.807) is 11.1 Å². The molecule has 3 aliphatic heterocycles. The first-order valence-electron chi connectivity index (χ1n) is 16.4. The van der Waals surface area contributed by atoms with Crippen molar-refractivity contribution in [1.82, 2.24) is 19.7 Å². The van der Waals surface area contributed by atoms with Gasteiger partial charge in [-0.25, -0.2) is 14.2 Å². The summed E-state index contributed by atoms with van der Waals surface area (Å²) in [6.45, 7) is 10.9. The van der Waals surface area contributed by atoms with Gasteiger partial charge in [-0.15, -0.1) is 0 Å². The fourth-order valence-electron chi connectivity index (χ4n) is 7.00. The smallest absolute Gasteiger partial charge is 0.410 e. The minimum atomic E-state index is -1.68. The van der Waals surface area contributed by atoms with Gasteiger partial charge in [-0.05, 0) is 114 Å². The van der Waals surface area contributed by atoms with Crippen molar-refractivity contribution < 1.29 is 18.7 Å². The Morgan fingerprint density at radius 1 is 0.881 bits per heavy atom. The molecule has 0 atom stereocenters. The summed E-state index contributed by atoms with van der Waals surface area (Å²) < 4.78 is 20.7. The Hall–Kier alpha value is -2.42. The van der Waals surface area contributed by atoms with Crippen molar-refractivity contribution in [2.24, 2.45) is 23.7 Å². The predicted octanol–water partition coefficient (Wildman–Crippen LogP) is 5.66. The summed E-state index contributed by atoms with van der Waals surface area (Å²) >= 11 is 0. The first kappa shape index (κ1) is 31.0. The largest absolute Gasteiger partial charge is 0.444 e. The molecule has 1 aromatic heterocycles. The Morgan fingerprint density at radius 3 is 1.86 bits per heavy atom. The van der Waals surface area contributed by atoms with Crippen molar-refractivity contribution >= 4 is 17.8 Å². The van der Waals surface area contributed by atoms with Gasteiger partial charge in [0.15, 0.2) is 5.67 Å². The number of carbonyl (C=O) groups is 2. The number of alkyl halides is 1. The molecule has 9 heteroatoms. The number of ether oxygens (including phenoxy) is 1. The predicted molar refractivity (Wildman–Crippen MR) is 162 cm³/mol. The summed E-state index contributed by atoms with van der Waals surface area (Å²) in [5.74, 6) is 3.74. The number of amides is 2. The monoisotopic (exact) mass is 585 g/mol. The van der Waals surface area contributed by atoms with Gasteiger partial charge in [0, 0.05) is 64.9 Å². The highest BCUT2D eigenvalue weighted by Crippen LogP contribution is 2.43. The maximum absolute atomic E-state index is 15.3. The number of halogens is 1. The standard InChI is InChI=1S/C20H29FN4O.C13H23NO2/c21-20(19(26)25-9-4-17(5-10-25)16-1-2-16)6-11-24(12-7-20)14-15-3-8-23-18(22)13-15;1-13(2,3)16-12(15)14-8-6-11(7-9-14)10-4-5-10/h3,8,13,16-17H,1-2,4-7,9-12,14H2,(H2,22,23);10-11H,4-9H2,1-3H3. The molecule has 4 heterocycles. The van der Waals surface area contributed by atoms with Crippen LogP contribution in [0.25, 0.3) is 0 Å². The summed E-state index contributed by atoms with van der Waals surface area (Å²) in [5.41, 5.74) is 4.75. The first-order valence-corrected chi connectivity index (χ1v) is 16.4. The van der Waals surface area contributed by atoms with Crippen LogP contribution in [0.1, 0.15) is 90.5 Å². The lowest BCUT2D eigenvalue weighted by Gasteiger charge is -2.40. The van der Waals surface area contributed by atoms with Crippen molar-refractivity contribution in [3.05, 3.63) is 23.9 Å².